The molecule has 0 saturated carbocycles. The third kappa shape index (κ3) is 4.03. The number of carbonyl (C=O) groups is 1. The van der Waals surface area contributed by atoms with E-state index in [9.17, 15) is 20.0 Å². The lowest BCUT2D eigenvalue weighted by molar-refractivity contribution is -0.384. The summed E-state index contributed by atoms with van der Waals surface area (Å²) >= 11 is 9.66. The molecule has 0 radical (unpaired) electrons. The molecule has 144 valence electrons. The summed E-state index contributed by atoms with van der Waals surface area (Å²) in [6, 6.07) is 9.01. The van der Waals surface area contributed by atoms with Crippen molar-refractivity contribution in [3.8, 4) is 11.5 Å². The molecule has 1 aliphatic heterocycles. The number of nitro benzene ring substituents is 1. The lowest BCUT2D eigenvalue weighted by atomic mass is 10.1. The van der Waals surface area contributed by atoms with E-state index in [1.165, 1.54) is 23.1 Å². The molecule has 0 aromatic heterocycles. The second kappa shape index (κ2) is 8.29. The van der Waals surface area contributed by atoms with E-state index in [2.05, 4.69) is 15.9 Å². The Bertz CT molecular complexity index is 1030. The molecule has 2 aromatic rings. The number of thioether (sulfide) groups is 1. The molecule has 1 fully saturated rings. The van der Waals surface area contributed by atoms with Crippen LogP contribution in [0.3, 0.4) is 0 Å². The van der Waals surface area contributed by atoms with Gasteiger partial charge in [0.05, 0.1) is 26.6 Å². The molecule has 1 saturated heterocycles. The first-order valence-corrected chi connectivity index (χ1v) is 10.0. The van der Waals surface area contributed by atoms with Crippen molar-refractivity contribution in [3.63, 3.8) is 0 Å². The molecule has 1 amide bonds. The average Bonchev–Trinajstić information content (AvgIpc) is 2.93. The zero-order valence-corrected chi connectivity index (χ0v) is 17.6. The van der Waals surface area contributed by atoms with Gasteiger partial charge < -0.3 is 9.84 Å². The third-order valence-electron chi connectivity index (χ3n) is 3.74. The molecule has 0 spiro atoms. The molecule has 3 rings (SSSR count). The van der Waals surface area contributed by atoms with Gasteiger partial charge in [0.15, 0.2) is 15.8 Å². The Kier molecular flexibility index (Phi) is 6.01. The fraction of sp³-hybridized carbons (Fsp3) is 0.111. The molecule has 0 bridgehead atoms. The topological polar surface area (TPSA) is 92.9 Å². The summed E-state index contributed by atoms with van der Waals surface area (Å²) in [5.41, 5.74) is 0.842. The number of amides is 1. The molecule has 0 atom stereocenters. The number of nitrogens with zero attached hydrogens (tertiary/aromatic N) is 2. The Morgan fingerprint density at radius 3 is 2.82 bits per heavy atom. The van der Waals surface area contributed by atoms with Gasteiger partial charge in [-0.25, -0.2) is 0 Å². The first kappa shape index (κ1) is 20.3. The van der Waals surface area contributed by atoms with Gasteiger partial charge in [0.2, 0.25) is 0 Å². The van der Waals surface area contributed by atoms with Gasteiger partial charge in [-0.2, -0.15) is 0 Å². The van der Waals surface area contributed by atoms with Crippen LogP contribution in [0, 0.1) is 10.1 Å². The van der Waals surface area contributed by atoms with E-state index >= 15 is 0 Å². The number of phenols is 1. The lowest BCUT2D eigenvalue weighted by Gasteiger charge is -2.14. The van der Waals surface area contributed by atoms with Crippen LogP contribution in [-0.2, 0) is 4.79 Å². The van der Waals surface area contributed by atoms with E-state index in [1.54, 1.807) is 31.2 Å². The summed E-state index contributed by atoms with van der Waals surface area (Å²) in [6.07, 6.45) is 1.63. The average molecular weight is 481 g/mol. The molecule has 28 heavy (non-hydrogen) atoms. The van der Waals surface area contributed by atoms with E-state index in [4.69, 9.17) is 17.0 Å². The number of hydrogen-bond acceptors (Lipinski definition) is 7. The van der Waals surface area contributed by atoms with Gasteiger partial charge in [-0.3, -0.25) is 19.8 Å². The van der Waals surface area contributed by atoms with Gasteiger partial charge in [0.25, 0.3) is 11.6 Å². The van der Waals surface area contributed by atoms with Gasteiger partial charge in [0.1, 0.15) is 0 Å². The quantitative estimate of drug-likeness (QED) is 0.282. The monoisotopic (exact) mass is 480 g/mol. The van der Waals surface area contributed by atoms with Crippen molar-refractivity contribution < 1.29 is 19.6 Å². The minimum Gasteiger partial charge on any atom is -0.503 e. The molecular weight excluding hydrogens is 468 g/mol. The van der Waals surface area contributed by atoms with Gasteiger partial charge in [-0.1, -0.05) is 30.0 Å². The number of phenolic OH excluding ortho intramolecular Hbond substituents is 1. The van der Waals surface area contributed by atoms with Gasteiger partial charge in [-0.15, -0.1) is 0 Å². The minimum atomic E-state index is -0.528. The number of rotatable bonds is 5. The maximum absolute atomic E-state index is 12.9. The molecule has 0 aliphatic carbocycles. The Morgan fingerprint density at radius 2 is 2.14 bits per heavy atom. The first-order valence-electron chi connectivity index (χ1n) is 7.99. The molecule has 7 nitrogen and oxygen atoms in total. The number of benzene rings is 2. The number of halogens is 1. The highest BCUT2D eigenvalue weighted by Gasteiger charge is 2.34. The number of anilines is 1. The summed E-state index contributed by atoms with van der Waals surface area (Å²) in [5.74, 6) is -0.113. The number of ether oxygens (including phenoxy) is 1. The van der Waals surface area contributed by atoms with Crippen molar-refractivity contribution >= 4 is 67.6 Å². The molecule has 0 unspecified atom stereocenters. The largest absolute Gasteiger partial charge is 0.503 e. The molecule has 1 aliphatic rings. The maximum Gasteiger partial charge on any atom is 0.271 e. The SMILES string of the molecule is CCOc1cc(/C=C2\SC(=S)N(c3cccc([N+](=O)[O-])c3)C2=O)cc(Br)c1O. The first-order chi connectivity index (χ1) is 13.3. The maximum atomic E-state index is 12.9. The van der Waals surface area contributed by atoms with E-state index in [1.807, 2.05) is 0 Å². The van der Waals surface area contributed by atoms with Crippen molar-refractivity contribution in [1.29, 1.82) is 0 Å². The normalized spacial score (nSPS) is 15.4. The number of nitro groups is 1. The Labute approximate surface area is 178 Å². The smallest absolute Gasteiger partial charge is 0.271 e. The van der Waals surface area contributed by atoms with Crippen LogP contribution < -0.4 is 9.64 Å². The number of carbonyl (C=O) groups excluding carboxylic acids is 1. The number of non-ortho nitro benzene ring substituents is 1. The van der Waals surface area contributed by atoms with Crippen LogP contribution in [0.5, 0.6) is 11.5 Å². The Hall–Kier alpha value is -2.43. The number of hydrogen-bond donors (Lipinski definition) is 1. The van der Waals surface area contributed by atoms with Gasteiger partial charge >= 0.3 is 0 Å². The van der Waals surface area contributed by atoms with Crippen LogP contribution in [0.25, 0.3) is 6.08 Å². The standard InChI is InChI=1S/C18H13BrN2O5S2/c1-2-26-14-7-10(6-13(19)16(14)22)8-15-17(23)20(18(27)28-15)11-4-3-5-12(9-11)21(24)25/h3-9,22H,2H2,1H3/b15-8-. The van der Waals surface area contributed by atoms with Crippen LogP contribution in [0.2, 0.25) is 0 Å². The number of aromatic hydroxyl groups is 1. The summed E-state index contributed by atoms with van der Waals surface area (Å²) < 4.78 is 6.10. The van der Waals surface area contributed by atoms with Crippen molar-refractivity contribution in [2.75, 3.05) is 11.5 Å². The zero-order valence-electron chi connectivity index (χ0n) is 14.4. The molecule has 1 N–H and O–H groups in total. The van der Waals surface area contributed by atoms with Crippen molar-refractivity contribution in [3.05, 3.63) is 61.5 Å². The second-order valence-electron chi connectivity index (χ2n) is 5.58. The summed E-state index contributed by atoms with van der Waals surface area (Å²) in [6.45, 7) is 2.17. The predicted octanol–water partition coefficient (Wildman–Crippen LogP) is 4.87. The van der Waals surface area contributed by atoms with Crippen molar-refractivity contribution in [1.82, 2.24) is 0 Å². The van der Waals surface area contributed by atoms with Crippen LogP contribution in [0.1, 0.15) is 12.5 Å². The Balaban J connectivity index is 1.96. The van der Waals surface area contributed by atoms with Crippen molar-refractivity contribution in [2.24, 2.45) is 0 Å². The van der Waals surface area contributed by atoms with Crippen molar-refractivity contribution in [2.45, 2.75) is 6.92 Å². The number of thiocarbonyl (C=S) groups is 1. The van der Waals surface area contributed by atoms with E-state index in [0.717, 1.165) is 11.8 Å². The third-order valence-corrected chi connectivity index (χ3v) is 5.65. The molecular formula is C18H13BrN2O5S2. The summed E-state index contributed by atoms with van der Waals surface area (Å²) in [5, 5.41) is 21.0. The van der Waals surface area contributed by atoms with Crippen LogP contribution in [0.15, 0.2) is 45.8 Å². The molecule has 10 heteroatoms. The van der Waals surface area contributed by atoms with E-state index in [-0.39, 0.29) is 27.4 Å². The zero-order chi connectivity index (χ0) is 20.4. The highest BCUT2D eigenvalue weighted by molar-refractivity contribution is 9.10. The summed E-state index contributed by atoms with van der Waals surface area (Å²) in [4.78, 5) is 24.9. The van der Waals surface area contributed by atoms with Crippen LogP contribution >= 0.6 is 39.9 Å². The predicted molar refractivity (Wildman–Crippen MR) is 116 cm³/mol. The fourth-order valence-corrected chi connectivity index (χ4v) is 4.29. The highest BCUT2D eigenvalue weighted by atomic mass is 79.9. The fourth-order valence-electron chi connectivity index (χ4n) is 2.53. The van der Waals surface area contributed by atoms with Gasteiger partial charge in [0, 0.05) is 12.1 Å². The summed E-state index contributed by atoms with van der Waals surface area (Å²) in [7, 11) is 0. The molecule has 1 heterocycles. The highest BCUT2D eigenvalue weighted by Crippen LogP contribution is 2.40. The van der Waals surface area contributed by atoms with Crippen LogP contribution in [-0.4, -0.2) is 26.9 Å². The van der Waals surface area contributed by atoms with E-state index < -0.39 is 4.92 Å². The lowest BCUT2D eigenvalue weighted by Crippen LogP contribution is -2.27. The molecule has 2 aromatic carbocycles. The minimum absolute atomic E-state index is 0.0249. The Morgan fingerprint density at radius 1 is 1.39 bits per heavy atom. The van der Waals surface area contributed by atoms with Gasteiger partial charge in [-0.05, 0) is 52.7 Å². The van der Waals surface area contributed by atoms with E-state index in [0.29, 0.717) is 27.2 Å². The van der Waals surface area contributed by atoms with Crippen LogP contribution in [0.4, 0.5) is 11.4 Å². The second-order valence-corrected chi connectivity index (χ2v) is 8.11.